The summed E-state index contributed by atoms with van der Waals surface area (Å²) in [6.07, 6.45) is 0. The van der Waals surface area contributed by atoms with Gasteiger partial charge in [-0.1, -0.05) is 237 Å². The summed E-state index contributed by atoms with van der Waals surface area (Å²) in [4.78, 5) is 2.39. The molecule has 0 aliphatic heterocycles. The summed E-state index contributed by atoms with van der Waals surface area (Å²) in [5, 5.41) is 19.6. The van der Waals surface area contributed by atoms with Gasteiger partial charge in [-0.25, -0.2) is 0 Å². The van der Waals surface area contributed by atoms with Crippen LogP contribution >= 0.6 is 0 Å². The van der Waals surface area contributed by atoms with Crippen LogP contribution in [0.5, 0.6) is 0 Å². The predicted molar refractivity (Wildman–Crippen MR) is 358 cm³/mol. The molecule has 0 spiro atoms. The standard InChI is InChI=1S/C81H55N3/c1-52(79(57-20-4-2-5-21-57)65-29-28-53-16-8-12-22-59(53)45-65)58-33-40-71-63(44-58)34-41-73-75-50-78-76(51-77(75)83(80(71)73)69-37-31-55-18-10-14-24-61(55)47-69)74-42-35-64-49-68(39-43-72(64)81(74)84(78)70-38-32-56-19-11-15-25-62(56)48-70)82(66-26-6-3-7-27-66)67-36-30-54-17-9-13-23-60(54)46-67/h2-52,79H,1H3/t52?,79-/m1/s1. The minimum absolute atomic E-state index is 0.162. The molecule has 0 bridgehead atoms. The number of hydrogen-bond donors (Lipinski definition) is 0. The molecule has 0 N–H and O–H groups in total. The van der Waals surface area contributed by atoms with Gasteiger partial charge < -0.3 is 14.0 Å². The molecule has 15 aromatic carbocycles. The van der Waals surface area contributed by atoms with Gasteiger partial charge in [0, 0.05) is 66.7 Å². The molecule has 0 fully saturated rings. The van der Waals surface area contributed by atoms with Crippen molar-refractivity contribution in [3.05, 3.63) is 320 Å². The largest absolute Gasteiger partial charge is 0.310 e. The average molecular weight is 1070 g/mol. The maximum absolute atomic E-state index is 2.56. The molecule has 2 heterocycles. The molecule has 0 saturated heterocycles. The molecule has 0 radical (unpaired) electrons. The van der Waals surface area contributed by atoms with E-state index in [2.05, 4.69) is 324 Å². The summed E-state index contributed by atoms with van der Waals surface area (Å²) in [7, 11) is 0. The van der Waals surface area contributed by atoms with Crippen LogP contribution in [0.1, 0.15) is 35.4 Å². The maximum Gasteiger partial charge on any atom is 0.0619 e. The predicted octanol–water partition coefficient (Wildman–Crippen LogP) is 22.2. The number of aromatic nitrogens is 2. The van der Waals surface area contributed by atoms with Gasteiger partial charge in [0.25, 0.3) is 0 Å². The second kappa shape index (κ2) is 19.2. The lowest BCUT2D eigenvalue weighted by molar-refractivity contribution is 0.659. The van der Waals surface area contributed by atoms with Gasteiger partial charge in [0.2, 0.25) is 0 Å². The van der Waals surface area contributed by atoms with Crippen LogP contribution in [0.2, 0.25) is 0 Å². The Bertz CT molecular complexity index is 5480. The van der Waals surface area contributed by atoms with E-state index in [1.165, 1.54) is 125 Å². The summed E-state index contributed by atoms with van der Waals surface area (Å²) in [5.74, 6) is 0.356. The van der Waals surface area contributed by atoms with Crippen LogP contribution in [0.4, 0.5) is 17.1 Å². The summed E-state index contributed by atoms with van der Waals surface area (Å²) in [5.41, 5.74) is 14.3. The van der Waals surface area contributed by atoms with Gasteiger partial charge in [-0.2, -0.15) is 0 Å². The SMILES string of the molecule is CC(c1ccc2c(ccc3c4cc5c(cc4n(-c4ccc6ccccc6c4)c23)c2ccc3cc(N(c4ccccc4)c4ccc6ccccc6c4)ccc3c2n5-c2ccc3ccccc3c2)c1)[C@H](c1ccccc1)c1ccc2ccccc2c1. The van der Waals surface area contributed by atoms with Gasteiger partial charge in [-0.15, -0.1) is 0 Å². The van der Waals surface area contributed by atoms with Crippen molar-refractivity contribution in [3.63, 3.8) is 0 Å². The fourth-order valence-electron chi connectivity index (χ4n) is 14.1. The Kier molecular flexibility index (Phi) is 11.0. The Labute approximate surface area is 486 Å². The van der Waals surface area contributed by atoms with E-state index in [0.29, 0.717) is 0 Å². The van der Waals surface area contributed by atoms with Crippen LogP contribution in [0.3, 0.4) is 0 Å². The summed E-state index contributed by atoms with van der Waals surface area (Å²) in [6, 6.07) is 113. The molecule has 2 atom stereocenters. The van der Waals surface area contributed by atoms with Gasteiger partial charge in [0.1, 0.15) is 0 Å². The van der Waals surface area contributed by atoms with E-state index in [9.17, 15) is 0 Å². The third kappa shape index (κ3) is 7.73. The lowest BCUT2D eigenvalue weighted by atomic mass is 9.77. The van der Waals surface area contributed by atoms with E-state index in [1.54, 1.807) is 0 Å². The summed E-state index contributed by atoms with van der Waals surface area (Å²) < 4.78 is 5.10. The lowest BCUT2D eigenvalue weighted by Crippen LogP contribution is -2.10. The molecule has 17 rings (SSSR count). The van der Waals surface area contributed by atoms with Crippen LogP contribution in [-0.4, -0.2) is 9.13 Å². The summed E-state index contributed by atoms with van der Waals surface area (Å²) >= 11 is 0. The first-order valence-electron chi connectivity index (χ1n) is 29.3. The van der Waals surface area contributed by atoms with E-state index in [-0.39, 0.29) is 11.8 Å². The minimum Gasteiger partial charge on any atom is -0.310 e. The Balaban J connectivity index is 0.895. The van der Waals surface area contributed by atoms with E-state index in [4.69, 9.17) is 0 Å². The molecular weight excluding hydrogens is 1010 g/mol. The fraction of sp³-hybridized carbons (Fsp3) is 0.0370. The summed E-state index contributed by atoms with van der Waals surface area (Å²) in [6.45, 7) is 2.41. The first-order valence-corrected chi connectivity index (χ1v) is 29.3. The number of nitrogens with zero attached hydrogens (tertiary/aromatic N) is 3. The van der Waals surface area contributed by atoms with Crippen molar-refractivity contribution in [3.8, 4) is 11.4 Å². The zero-order valence-electron chi connectivity index (χ0n) is 46.4. The zero-order chi connectivity index (χ0) is 55.4. The van der Waals surface area contributed by atoms with Crippen LogP contribution in [0.25, 0.3) is 120 Å². The number of hydrogen-bond acceptors (Lipinski definition) is 1. The molecule has 0 amide bonds. The Hall–Kier alpha value is -10.7. The topological polar surface area (TPSA) is 13.1 Å². The van der Waals surface area contributed by atoms with Gasteiger partial charge in [0.05, 0.1) is 22.1 Å². The van der Waals surface area contributed by atoms with Crippen molar-refractivity contribution in [2.24, 2.45) is 0 Å². The Morgan fingerprint density at radius 3 is 1.19 bits per heavy atom. The number of fused-ring (bicyclic) bond motifs is 14. The highest BCUT2D eigenvalue weighted by atomic mass is 15.1. The molecule has 0 saturated carbocycles. The van der Waals surface area contributed by atoms with Crippen molar-refractivity contribution >= 4 is 125 Å². The minimum atomic E-state index is 0.162. The average Bonchev–Trinajstić information content (AvgIpc) is 2.03. The number of para-hydroxylation sites is 1. The van der Waals surface area contributed by atoms with Crippen molar-refractivity contribution < 1.29 is 0 Å². The van der Waals surface area contributed by atoms with Crippen molar-refractivity contribution in [2.45, 2.75) is 18.8 Å². The fourth-order valence-corrected chi connectivity index (χ4v) is 14.1. The van der Waals surface area contributed by atoms with Crippen LogP contribution < -0.4 is 4.90 Å². The molecule has 3 nitrogen and oxygen atoms in total. The van der Waals surface area contributed by atoms with Crippen LogP contribution in [-0.2, 0) is 0 Å². The van der Waals surface area contributed by atoms with E-state index in [1.807, 2.05) is 0 Å². The monoisotopic (exact) mass is 1070 g/mol. The molecule has 0 aliphatic carbocycles. The van der Waals surface area contributed by atoms with E-state index in [0.717, 1.165) is 28.4 Å². The second-order valence-corrected chi connectivity index (χ2v) is 22.9. The highest BCUT2D eigenvalue weighted by Gasteiger charge is 2.26. The Morgan fingerprint density at radius 1 is 0.250 bits per heavy atom. The number of benzene rings is 15. The second-order valence-electron chi connectivity index (χ2n) is 22.9. The zero-order valence-corrected chi connectivity index (χ0v) is 46.4. The molecule has 0 aliphatic rings. The first kappa shape index (κ1) is 48.0. The normalized spacial score (nSPS) is 12.7. The van der Waals surface area contributed by atoms with Crippen LogP contribution in [0, 0.1) is 0 Å². The van der Waals surface area contributed by atoms with Crippen molar-refractivity contribution in [2.75, 3.05) is 4.90 Å². The van der Waals surface area contributed by atoms with Crippen LogP contribution in [0.15, 0.2) is 303 Å². The molecule has 1 unspecified atom stereocenters. The maximum atomic E-state index is 2.56. The number of rotatable bonds is 9. The van der Waals surface area contributed by atoms with Gasteiger partial charge in [-0.3, -0.25) is 0 Å². The van der Waals surface area contributed by atoms with Crippen molar-refractivity contribution in [1.82, 2.24) is 9.13 Å². The van der Waals surface area contributed by atoms with Gasteiger partial charge in [0.15, 0.2) is 0 Å². The Morgan fingerprint density at radius 2 is 0.631 bits per heavy atom. The molecular formula is C81H55N3. The lowest BCUT2D eigenvalue weighted by Gasteiger charge is -2.26. The van der Waals surface area contributed by atoms with Crippen molar-refractivity contribution in [1.29, 1.82) is 0 Å². The molecule has 3 heteroatoms. The van der Waals surface area contributed by atoms with E-state index >= 15 is 0 Å². The quantitative estimate of drug-likeness (QED) is 0.140. The van der Waals surface area contributed by atoms with E-state index < -0.39 is 0 Å². The van der Waals surface area contributed by atoms with Gasteiger partial charge in [-0.05, 0) is 149 Å². The molecule has 2 aromatic heterocycles. The molecule has 84 heavy (non-hydrogen) atoms. The highest BCUT2D eigenvalue weighted by molar-refractivity contribution is 6.26. The third-order valence-corrected chi connectivity index (χ3v) is 18.2. The number of anilines is 3. The highest BCUT2D eigenvalue weighted by Crippen LogP contribution is 2.47. The third-order valence-electron chi connectivity index (χ3n) is 18.2. The van der Waals surface area contributed by atoms with Gasteiger partial charge >= 0.3 is 0 Å². The molecule has 394 valence electrons. The smallest absolute Gasteiger partial charge is 0.0619 e. The molecule has 17 aromatic rings. The first-order chi connectivity index (χ1) is 41.5.